The van der Waals surface area contributed by atoms with E-state index in [0.717, 1.165) is 32.1 Å². The van der Waals surface area contributed by atoms with Crippen LogP contribution in [0.25, 0.3) is 10.9 Å². The van der Waals surface area contributed by atoms with Crippen molar-refractivity contribution in [3.63, 3.8) is 0 Å². The summed E-state index contributed by atoms with van der Waals surface area (Å²) >= 11 is 5.83. The number of carbonyl (C=O) groups excluding carboxylic acids is 2. The number of thiocarbonyl (C=S) groups is 1. The number of fused-ring (bicyclic) bond motifs is 3. The molecule has 9 nitrogen and oxygen atoms in total. The maximum Gasteiger partial charge on any atom is 0.418 e. The third-order valence-corrected chi connectivity index (χ3v) is 10.3. The molecular formula is C37H46F4N6O3S. The maximum absolute atomic E-state index is 14.6. The lowest BCUT2D eigenvalue weighted by Crippen LogP contribution is -2.63. The minimum absolute atomic E-state index is 0.0198. The number of H-pyrrole nitrogens is 1. The van der Waals surface area contributed by atoms with E-state index >= 15 is 0 Å². The first kappa shape index (κ1) is 38.2. The summed E-state index contributed by atoms with van der Waals surface area (Å²) in [6.07, 6.45) is -3.45. The molecule has 5 N–H and O–H groups in total. The van der Waals surface area contributed by atoms with E-state index in [0.29, 0.717) is 47.1 Å². The number of aromatic amines is 1. The molecular weight excluding hydrogens is 685 g/mol. The molecule has 1 unspecified atom stereocenters. The summed E-state index contributed by atoms with van der Waals surface area (Å²) in [4.78, 5) is 33.1. The second-order valence-corrected chi connectivity index (χ2v) is 13.9. The van der Waals surface area contributed by atoms with E-state index in [9.17, 15) is 27.2 Å². The first-order chi connectivity index (χ1) is 24.3. The molecule has 2 aliphatic rings. The van der Waals surface area contributed by atoms with Crippen molar-refractivity contribution in [2.45, 2.75) is 63.7 Å². The van der Waals surface area contributed by atoms with Gasteiger partial charge in [0.1, 0.15) is 11.4 Å². The van der Waals surface area contributed by atoms with Crippen LogP contribution in [0.2, 0.25) is 0 Å². The molecule has 0 radical (unpaired) electrons. The molecule has 51 heavy (non-hydrogen) atoms. The van der Waals surface area contributed by atoms with Gasteiger partial charge in [-0.1, -0.05) is 69.4 Å². The van der Waals surface area contributed by atoms with E-state index in [1.54, 1.807) is 18.2 Å². The normalized spacial score (nSPS) is 19.1. The van der Waals surface area contributed by atoms with Gasteiger partial charge in [0, 0.05) is 49.4 Å². The van der Waals surface area contributed by atoms with Gasteiger partial charge in [0.05, 0.1) is 48.3 Å². The van der Waals surface area contributed by atoms with E-state index in [1.807, 2.05) is 13.8 Å². The molecule has 276 valence electrons. The molecule has 2 aromatic carbocycles. The lowest BCUT2D eigenvalue weighted by atomic mass is 9.78. The number of benzene rings is 2. The van der Waals surface area contributed by atoms with E-state index in [-0.39, 0.29) is 55.1 Å². The summed E-state index contributed by atoms with van der Waals surface area (Å²) < 4.78 is 61.5. The lowest BCUT2D eigenvalue weighted by Gasteiger charge is -2.40. The van der Waals surface area contributed by atoms with Crippen molar-refractivity contribution in [2.75, 3.05) is 45.9 Å². The highest BCUT2D eigenvalue weighted by molar-refractivity contribution is 7.80. The van der Waals surface area contributed by atoms with E-state index in [1.165, 1.54) is 18.2 Å². The van der Waals surface area contributed by atoms with Crippen molar-refractivity contribution in [1.82, 2.24) is 31.2 Å². The fourth-order valence-electron chi connectivity index (χ4n) is 6.78. The smallest absolute Gasteiger partial charge is 0.379 e. The zero-order valence-electron chi connectivity index (χ0n) is 29.0. The first-order valence-corrected chi connectivity index (χ1v) is 17.8. The summed E-state index contributed by atoms with van der Waals surface area (Å²) in [6, 6.07) is 9.51. The molecule has 14 heteroatoms. The number of amides is 2. The summed E-state index contributed by atoms with van der Waals surface area (Å²) in [6.45, 7) is 12.4. The molecule has 3 atom stereocenters. The Morgan fingerprint density at radius 3 is 2.57 bits per heavy atom. The predicted molar refractivity (Wildman–Crippen MR) is 193 cm³/mol. The maximum atomic E-state index is 14.6. The highest BCUT2D eigenvalue weighted by atomic mass is 32.1. The summed E-state index contributed by atoms with van der Waals surface area (Å²) in [5.41, 5.74) is -0.329. The largest absolute Gasteiger partial charge is 0.418 e. The van der Waals surface area contributed by atoms with Crippen LogP contribution in [0.4, 0.5) is 17.6 Å². The number of nitrogens with zero attached hydrogens (tertiary/aromatic N) is 1. The number of carbonyl (C=O) groups is 2. The molecule has 1 fully saturated rings. The Morgan fingerprint density at radius 1 is 1.12 bits per heavy atom. The van der Waals surface area contributed by atoms with Gasteiger partial charge in [0.15, 0.2) is 0 Å². The number of alkyl halides is 3. The summed E-state index contributed by atoms with van der Waals surface area (Å²) in [5.74, 6) is -1.34. The Morgan fingerprint density at radius 2 is 1.86 bits per heavy atom. The highest BCUT2D eigenvalue weighted by Gasteiger charge is 2.45. The van der Waals surface area contributed by atoms with Crippen LogP contribution in [0.3, 0.4) is 0 Å². The van der Waals surface area contributed by atoms with Gasteiger partial charge in [-0.2, -0.15) is 13.2 Å². The van der Waals surface area contributed by atoms with E-state index in [2.05, 4.69) is 37.7 Å². The quantitative estimate of drug-likeness (QED) is 0.120. The van der Waals surface area contributed by atoms with Crippen LogP contribution in [-0.4, -0.2) is 84.2 Å². The van der Waals surface area contributed by atoms with Crippen LogP contribution in [0, 0.1) is 11.7 Å². The fraction of sp³-hybridized carbons (Fsp3) is 0.486. The Bertz CT molecular complexity index is 1740. The minimum Gasteiger partial charge on any atom is -0.379 e. The molecule has 1 aromatic heterocycles. The summed E-state index contributed by atoms with van der Waals surface area (Å²) in [5, 5.41) is 12.9. The molecule has 5 rings (SSSR count). The molecule has 0 spiro atoms. The van der Waals surface area contributed by atoms with Crippen LogP contribution in [-0.2, 0) is 39.8 Å². The number of nitrogens with one attached hydrogen (secondary N) is 5. The topological polar surface area (TPSA) is 111 Å². The Labute approximate surface area is 300 Å². The molecule has 1 aliphatic heterocycles. The van der Waals surface area contributed by atoms with Gasteiger partial charge in [-0.15, -0.1) is 0 Å². The van der Waals surface area contributed by atoms with Crippen LogP contribution >= 0.6 is 12.2 Å². The zero-order valence-corrected chi connectivity index (χ0v) is 29.8. The van der Waals surface area contributed by atoms with Gasteiger partial charge < -0.3 is 31.0 Å². The number of ether oxygens (including phenoxy) is 1. The first-order valence-electron chi connectivity index (χ1n) is 17.4. The van der Waals surface area contributed by atoms with E-state index < -0.39 is 35.0 Å². The van der Waals surface area contributed by atoms with Crippen LogP contribution < -0.4 is 21.3 Å². The monoisotopic (exact) mass is 730 g/mol. The van der Waals surface area contributed by atoms with Gasteiger partial charge >= 0.3 is 6.18 Å². The predicted octanol–water partition coefficient (Wildman–Crippen LogP) is 4.80. The second kappa shape index (κ2) is 16.6. The average molecular weight is 731 g/mol. The standard InChI is InChI=1S/C37H46F4N6O3S/c1-4-23(2)32(34(51)42-14-15-47-16-18-50-19-17-47)45-35(49)36(46-24(3)22-43-31(48)20-25-8-5-6-11-29(25)38)13-12-30-27(21-36)26-9-7-10-28(33(26)44-30)37(39,40)41/h5-11,23,32,44,46H,3-4,12-22H2,1-2H3,(H,42,51)(H,43,48)(H,45,49)/t23?,32-,36+/m0/s1. The molecule has 0 bridgehead atoms. The highest BCUT2D eigenvalue weighted by Crippen LogP contribution is 2.40. The molecule has 1 aliphatic carbocycles. The van der Waals surface area contributed by atoms with Crippen LogP contribution in [0.5, 0.6) is 0 Å². The van der Waals surface area contributed by atoms with Crippen molar-refractivity contribution in [1.29, 1.82) is 0 Å². The number of halogens is 4. The Kier molecular flexibility index (Phi) is 12.4. The number of hydrogen-bond donors (Lipinski definition) is 5. The number of morpholine rings is 1. The van der Waals surface area contributed by atoms with Gasteiger partial charge in [0.2, 0.25) is 11.8 Å². The number of hydrogen-bond acceptors (Lipinski definition) is 6. The van der Waals surface area contributed by atoms with Gasteiger partial charge in [-0.05, 0) is 42.0 Å². The fourth-order valence-corrected chi connectivity index (χ4v) is 7.18. The van der Waals surface area contributed by atoms with Crippen molar-refractivity contribution in [3.05, 3.63) is 82.9 Å². The number of para-hydroxylation sites is 1. The molecule has 0 saturated carbocycles. The van der Waals surface area contributed by atoms with Crippen molar-refractivity contribution in [2.24, 2.45) is 5.92 Å². The van der Waals surface area contributed by atoms with Crippen LogP contribution in [0.1, 0.15) is 49.1 Å². The molecule has 2 amide bonds. The third-order valence-electron chi connectivity index (χ3n) is 9.89. The van der Waals surface area contributed by atoms with Crippen molar-refractivity contribution < 1.29 is 31.9 Å². The van der Waals surface area contributed by atoms with Crippen molar-refractivity contribution in [3.8, 4) is 0 Å². The van der Waals surface area contributed by atoms with Gasteiger partial charge in [-0.3, -0.25) is 14.5 Å². The molecule has 3 aromatic rings. The SMILES string of the molecule is C=C(CNC(=O)Cc1ccccc1F)N[C@]1(C(=O)N[C@H](C(=S)NCCN2CCOCC2)C(C)CC)CCc2[nH]c3c(C(F)(F)F)cccc3c2C1. The minimum atomic E-state index is -4.57. The Hall–Kier alpha value is -4.01. The Balaban J connectivity index is 1.37. The molecule has 1 saturated heterocycles. The van der Waals surface area contributed by atoms with E-state index in [4.69, 9.17) is 17.0 Å². The van der Waals surface area contributed by atoms with Gasteiger partial charge in [-0.25, -0.2) is 4.39 Å². The van der Waals surface area contributed by atoms with Crippen LogP contribution in [0.15, 0.2) is 54.7 Å². The lowest BCUT2D eigenvalue weighted by molar-refractivity contribution is -0.136. The summed E-state index contributed by atoms with van der Waals surface area (Å²) in [7, 11) is 0. The second-order valence-electron chi connectivity index (χ2n) is 13.4. The third kappa shape index (κ3) is 9.27. The molecule has 2 heterocycles. The van der Waals surface area contributed by atoms with Crippen molar-refractivity contribution >= 4 is 39.9 Å². The number of aryl methyl sites for hydroxylation is 1. The number of aromatic nitrogens is 1. The van der Waals surface area contributed by atoms with Gasteiger partial charge in [0.25, 0.3) is 0 Å². The zero-order chi connectivity index (χ0) is 36.8. The number of rotatable bonds is 14. The average Bonchev–Trinajstić information content (AvgIpc) is 3.48.